The Balaban J connectivity index is 0.000000310. The molecule has 0 heterocycles. The van der Waals surface area contributed by atoms with Gasteiger partial charge in [-0.2, -0.15) is 0 Å². The van der Waals surface area contributed by atoms with Gasteiger partial charge in [-0.1, -0.05) is 36.4 Å². The Morgan fingerprint density at radius 2 is 1.62 bits per heavy atom. The van der Waals surface area contributed by atoms with Gasteiger partial charge in [0.1, 0.15) is 0 Å². The van der Waals surface area contributed by atoms with Gasteiger partial charge >= 0.3 is 0 Å². The van der Waals surface area contributed by atoms with Gasteiger partial charge in [0, 0.05) is 0 Å². The number of benzene rings is 1. The highest BCUT2D eigenvalue weighted by molar-refractivity contribution is 5.16. The number of hydrogen-bond acceptors (Lipinski definition) is 2. The molecule has 0 bridgehead atoms. The predicted molar refractivity (Wildman–Crippen MR) is 54.5 cm³/mol. The van der Waals surface area contributed by atoms with E-state index in [-0.39, 0.29) is 13.2 Å². The van der Waals surface area contributed by atoms with Gasteiger partial charge in [-0.05, 0) is 12.0 Å². The average molecular weight is 180 g/mol. The normalized spacial score (nSPS) is 8.46. The fourth-order valence-corrected chi connectivity index (χ4v) is 0.781. The van der Waals surface area contributed by atoms with Crippen molar-refractivity contribution in [2.24, 2.45) is 0 Å². The summed E-state index contributed by atoms with van der Waals surface area (Å²) in [4.78, 5) is 0. The summed E-state index contributed by atoms with van der Waals surface area (Å²) in [5.41, 5.74) is 1.33. The minimum absolute atomic E-state index is 0.125. The maximum Gasteiger partial charge on any atom is 0.0662 e. The van der Waals surface area contributed by atoms with Gasteiger partial charge in [0.25, 0.3) is 0 Å². The van der Waals surface area contributed by atoms with Crippen molar-refractivity contribution in [3.8, 4) is 0 Å². The predicted octanol–water partition coefficient (Wildman–Crippen LogP) is 1.39. The van der Waals surface area contributed by atoms with E-state index in [1.807, 2.05) is 24.3 Å². The van der Waals surface area contributed by atoms with Crippen LogP contribution in [0.2, 0.25) is 0 Å². The third kappa shape index (κ3) is 7.25. The van der Waals surface area contributed by atoms with Crippen molar-refractivity contribution < 1.29 is 10.2 Å². The Hall–Kier alpha value is -1.12. The average Bonchev–Trinajstić information content (AvgIpc) is 2.20. The Kier molecular flexibility index (Phi) is 8.20. The second kappa shape index (κ2) is 8.97. The van der Waals surface area contributed by atoms with Crippen LogP contribution in [0.4, 0.5) is 0 Å². The van der Waals surface area contributed by atoms with Crippen LogP contribution in [-0.2, 0) is 6.42 Å². The highest BCUT2D eigenvalue weighted by Gasteiger charge is 1.82. The molecule has 0 fully saturated rings. The first kappa shape index (κ1) is 11.9. The summed E-state index contributed by atoms with van der Waals surface area (Å²) < 4.78 is 0. The van der Waals surface area contributed by atoms with E-state index in [9.17, 15) is 0 Å². The number of rotatable bonds is 3. The second-order valence-electron chi connectivity index (χ2n) is 2.43. The van der Waals surface area contributed by atoms with E-state index in [0.29, 0.717) is 0 Å². The van der Waals surface area contributed by atoms with Gasteiger partial charge in [0.15, 0.2) is 0 Å². The zero-order valence-electron chi connectivity index (χ0n) is 7.69. The lowest BCUT2D eigenvalue weighted by Crippen LogP contribution is -1.85. The summed E-state index contributed by atoms with van der Waals surface area (Å²) >= 11 is 0. The van der Waals surface area contributed by atoms with Crippen LogP contribution in [0.15, 0.2) is 43.0 Å². The molecule has 0 aliphatic heterocycles. The quantitative estimate of drug-likeness (QED) is 0.690. The van der Waals surface area contributed by atoms with Crippen molar-refractivity contribution in [3.63, 3.8) is 0 Å². The third-order valence-corrected chi connectivity index (χ3v) is 1.32. The molecule has 0 saturated heterocycles. The summed E-state index contributed by atoms with van der Waals surface area (Å²) in [5, 5.41) is 15.2. The fraction of sp³-hybridized carbons (Fsp3) is 0.273. The molecule has 0 saturated carbocycles. The van der Waals surface area contributed by atoms with E-state index >= 15 is 0 Å². The Labute approximate surface area is 79.2 Å². The lowest BCUT2D eigenvalue weighted by Gasteiger charge is -1.91. The molecule has 2 N–H and O–H groups in total. The fourth-order valence-electron chi connectivity index (χ4n) is 0.781. The standard InChI is InChI=1S/C9H10.C2H6O2/c1-2-6-9-7-4-3-5-8-9;3-1-2-4/h2-5,7-8H,1,6H2;3-4H,1-2H2. The van der Waals surface area contributed by atoms with Crippen molar-refractivity contribution in [2.75, 3.05) is 13.2 Å². The van der Waals surface area contributed by atoms with E-state index < -0.39 is 0 Å². The maximum atomic E-state index is 7.62. The van der Waals surface area contributed by atoms with Gasteiger partial charge in [0.05, 0.1) is 13.2 Å². The summed E-state index contributed by atoms with van der Waals surface area (Å²) in [6.07, 6.45) is 2.89. The summed E-state index contributed by atoms with van der Waals surface area (Å²) in [6, 6.07) is 10.3. The molecule has 13 heavy (non-hydrogen) atoms. The van der Waals surface area contributed by atoms with Crippen molar-refractivity contribution in [3.05, 3.63) is 48.6 Å². The molecule has 0 unspecified atom stereocenters. The molecule has 1 aromatic carbocycles. The smallest absolute Gasteiger partial charge is 0.0662 e. The van der Waals surface area contributed by atoms with Crippen molar-refractivity contribution in [1.82, 2.24) is 0 Å². The van der Waals surface area contributed by atoms with Gasteiger partial charge in [-0.15, -0.1) is 6.58 Å². The van der Waals surface area contributed by atoms with Crippen LogP contribution in [-0.4, -0.2) is 23.4 Å². The van der Waals surface area contributed by atoms with Crippen LogP contribution in [0.3, 0.4) is 0 Å². The van der Waals surface area contributed by atoms with Crippen molar-refractivity contribution in [2.45, 2.75) is 6.42 Å². The van der Waals surface area contributed by atoms with Crippen LogP contribution >= 0.6 is 0 Å². The first-order chi connectivity index (χ1) is 6.35. The molecule has 0 spiro atoms. The summed E-state index contributed by atoms with van der Waals surface area (Å²) in [5.74, 6) is 0. The summed E-state index contributed by atoms with van der Waals surface area (Å²) in [6.45, 7) is 3.41. The van der Waals surface area contributed by atoms with E-state index in [1.165, 1.54) is 5.56 Å². The van der Waals surface area contributed by atoms with E-state index in [0.717, 1.165) is 6.42 Å². The molecule has 0 amide bonds. The van der Waals surface area contributed by atoms with Crippen LogP contribution in [0.5, 0.6) is 0 Å². The monoisotopic (exact) mass is 180 g/mol. The van der Waals surface area contributed by atoms with Crippen LogP contribution in [0.25, 0.3) is 0 Å². The van der Waals surface area contributed by atoms with Gasteiger partial charge in [-0.3, -0.25) is 0 Å². The second-order valence-corrected chi connectivity index (χ2v) is 2.43. The Bertz CT molecular complexity index is 205. The van der Waals surface area contributed by atoms with Gasteiger partial charge < -0.3 is 10.2 Å². The topological polar surface area (TPSA) is 40.5 Å². The first-order valence-corrected chi connectivity index (χ1v) is 4.21. The highest BCUT2D eigenvalue weighted by Crippen LogP contribution is 1.98. The molecule has 0 atom stereocenters. The molecule has 1 aromatic rings. The zero-order chi connectivity index (χ0) is 9.94. The lowest BCUT2D eigenvalue weighted by molar-refractivity contribution is 0.186. The van der Waals surface area contributed by atoms with Crippen LogP contribution < -0.4 is 0 Å². The molecule has 2 heteroatoms. The van der Waals surface area contributed by atoms with Crippen LogP contribution in [0.1, 0.15) is 5.56 Å². The van der Waals surface area contributed by atoms with Gasteiger partial charge in [-0.25, -0.2) is 0 Å². The molecule has 72 valence electrons. The van der Waals surface area contributed by atoms with E-state index in [1.54, 1.807) is 0 Å². The Morgan fingerprint density at radius 3 is 2.00 bits per heavy atom. The highest BCUT2D eigenvalue weighted by atomic mass is 16.3. The van der Waals surface area contributed by atoms with Gasteiger partial charge in [0.2, 0.25) is 0 Å². The number of aliphatic hydroxyl groups excluding tert-OH is 2. The minimum Gasteiger partial charge on any atom is -0.394 e. The molecule has 0 aliphatic rings. The van der Waals surface area contributed by atoms with Crippen molar-refractivity contribution >= 4 is 0 Å². The Morgan fingerprint density at radius 1 is 1.08 bits per heavy atom. The molecule has 0 radical (unpaired) electrons. The first-order valence-electron chi connectivity index (χ1n) is 4.21. The summed E-state index contributed by atoms with van der Waals surface area (Å²) in [7, 11) is 0. The minimum atomic E-state index is -0.125. The molecule has 0 aliphatic carbocycles. The molecule has 1 rings (SSSR count). The molecular formula is C11H16O2. The maximum absolute atomic E-state index is 7.62. The zero-order valence-corrected chi connectivity index (χ0v) is 7.69. The number of hydrogen-bond donors (Lipinski definition) is 2. The van der Waals surface area contributed by atoms with Crippen LogP contribution in [0, 0.1) is 0 Å². The molecule has 2 nitrogen and oxygen atoms in total. The number of aliphatic hydroxyl groups is 2. The van der Waals surface area contributed by atoms with Crippen molar-refractivity contribution in [1.29, 1.82) is 0 Å². The SMILES string of the molecule is C=CCc1ccccc1.OCCO. The van der Waals surface area contributed by atoms with E-state index in [4.69, 9.17) is 10.2 Å². The molecule has 0 aromatic heterocycles. The lowest BCUT2D eigenvalue weighted by atomic mass is 10.2. The molecular weight excluding hydrogens is 164 g/mol. The third-order valence-electron chi connectivity index (χ3n) is 1.32. The number of allylic oxidation sites excluding steroid dienone is 1. The largest absolute Gasteiger partial charge is 0.394 e. The van der Waals surface area contributed by atoms with E-state index in [2.05, 4.69) is 18.7 Å².